The molecule has 4 aliphatic rings. The van der Waals surface area contributed by atoms with E-state index in [-0.39, 0.29) is 64.5 Å². The summed E-state index contributed by atoms with van der Waals surface area (Å²) < 4.78 is 5.31. The normalized spacial score (nSPS) is 33.7. The van der Waals surface area contributed by atoms with E-state index >= 15 is 0 Å². The highest BCUT2D eigenvalue weighted by Gasteiger charge is 2.69. The van der Waals surface area contributed by atoms with Crippen LogP contribution in [0.1, 0.15) is 29.2 Å². The molecule has 10 heteroatoms. The first-order valence-electron chi connectivity index (χ1n) is 11.0. The van der Waals surface area contributed by atoms with Gasteiger partial charge in [0.1, 0.15) is 5.75 Å². The number of thiazole rings is 1. The van der Waals surface area contributed by atoms with Crippen molar-refractivity contribution in [1.82, 2.24) is 9.88 Å². The number of aromatic amines is 1. The Kier molecular flexibility index (Phi) is 4.74. The van der Waals surface area contributed by atoms with E-state index in [0.717, 1.165) is 27.6 Å². The lowest BCUT2D eigenvalue weighted by molar-refractivity contribution is -0.142. The van der Waals surface area contributed by atoms with Crippen molar-refractivity contribution >= 4 is 40.9 Å². The number of hydrogen-bond acceptors (Lipinski definition) is 7. The molecular weight excluding hydrogens is 464 g/mol. The molecule has 2 amide bonds. The molecule has 172 valence electrons. The first kappa shape index (κ1) is 21.0. The number of carboxylic acid groups (broad SMARTS) is 1. The lowest BCUT2D eigenvalue weighted by Crippen LogP contribution is -2.42. The van der Waals surface area contributed by atoms with Crippen LogP contribution in [-0.4, -0.2) is 51.7 Å². The fraction of sp³-hybridized carbons (Fsp3) is 0.478. The summed E-state index contributed by atoms with van der Waals surface area (Å²) in [6.07, 6.45) is 0.578. The third-order valence-corrected chi connectivity index (χ3v) is 10.4. The molecule has 3 fully saturated rings. The molecule has 1 saturated heterocycles. The standard InChI is InChI=1S/C23H22N2O6S2/c1-31-10-4-2-9(3-5-10)14-15-11-8-12(18(15)32-20-19(14)33-23(30)24-20)17-16(11)21(28)25(22(17)29)7-6-13(26)27/h2-5,11-12,14-18H,6-8H2,1H3,(H,24,30)(H,26,27)/t11-,12-,14-,15-,16+,17+,18-/m1/s1. The van der Waals surface area contributed by atoms with Gasteiger partial charge in [0.25, 0.3) is 0 Å². The largest absolute Gasteiger partial charge is 0.497 e. The van der Waals surface area contributed by atoms with Gasteiger partial charge in [0.2, 0.25) is 11.8 Å². The average Bonchev–Trinajstić information content (AvgIpc) is 3.52. The van der Waals surface area contributed by atoms with Crippen LogP contribution in [-0.2, 0) is 14.4 Å². The van der Waals surface area contributed by atoms with Gasteiger partial charge in [-0.1, -0.05) is 23.5 Å². The number of nitrogens with one attached hydrogen (secondary N) is 1. The Balaban J connectivity index is 1.40. The van der Waals surface area contributed by atoms with Crippen LogP contribution in [0, 0.1) is 29.6 Å². The highest BCUT2D eigenvalue weighted by Crippen LogP contribution is 2.68. The number of thioether (sulfide) groups is 1. The van der Waals surface area contributed by atoms with Gasteiger partial charge in [-0.3, -0.25) is 24.1 Å². The van der Waals surface area contributed by atoms with E-state index in [0.29, 0.717) is 0 Å². The van der Waals surface area contributed by atoms with Crippen molar-refractivity contribution in [3.63, 3.8) is 0 Å². The molecule has 6 rings (SSSR count). The summed E-state index contributed by atoms with van der Waals surface area (Å²) in [6.45, 7) is -0.0650. The number of carbonyl (C=O) groups is 3. The highest BCUT2D eigenvalue weighted by molar-refractivity contribution is 8.00. The summed E-state index contributed by atoms with van der Waals surface area (Å²) in [5.41, 5.74) is 1.08. The SMILES string of the molecule is COc1ccc([C@H]2c3sc(=O)[nH]c3S[C@@H]3[C@@H]4C[C@@H]([C@@H]5C(=O)N(CCC(=O)O)C(=O)[C@@H]45)[C@H]23)cc1. The number of amides is 2. The van der Waals surface area contributed by atoms with Gasteiger partial charge in [0.05, 0.1) is 30.4 Å². The first-order chi connectivity index (χ1) is 15.9. The zero-order valence-corrected chi connectivity index (χ0v) is 19.4. The van der Waals surface area contributed by atoms with E-state index in [4.69, 9.17) is 9.84 Å². The van der Waals surface area contributed by atoms with Crippen LogP contribution >= 0.6 is 23.1 Å². The number of fused-ring (bicyclic) bond motifs is 9. The minimum atomic E-state index is -1.02. The Morgan fingerprint density at radius 2 is 1.85 bits per heavy atom. The van der Waals surface area contributed by atoms with E-state index in [1.807, 2.05) is 24.3 Å². The topological polar surface area (TPSA) is 117 Å². The number of aliphatic carboxylic acids is 1. The van der Waals surface area contributed by atoms with Crippen molar-refractivity contribution in [3.8, 4) is 5.75 Å². The fourth-order valence-electron chi connectivity index (χ4n) is 6.69. The molecule has 0 spiro atoms. The van der Waals surface area contributed by atoms with E-state index in [1.165, 1.54) is 16.2 Å². The molecule has 3 heterocycles. The van der Waals surface area contributed by atoms with Crippen LogP contribution in [0.3, 0.4) is 0 Å². The number of aromatic nitrogens is 1. The molecular formula is C23H22N2O6S2. The Hall–Kier alpha value is -2.59. The van der Waals surface area contributed by atoms with Crippen LogP contribution in [0.25, 0.3) is 0 Å². The number of hydrogen-bond donors (Lipinski definition) is 2. The van der Waals surface area contributed by atoms with E-state index in [2.05, 4.69) is 4.98 Å². The maximum Gasteiger partial charge on any atom is 0.305 e. The number of carboxylic acids is 1. The maximum absolute atomic E-state index is 13.3. The van der Waals surface area contributed by atoms with Crippen molar-refractivity contribution in [2.24, 2.45) is 29.6 Å². The minimum absolute atomic E-state index is 0.0289. The van der Waals surface area contributed by atoms with E-state index in [1.54, 1.807) is 18.9 Å². The Labute approximate surface area is 197 Å². The zero-order chi connectivity index (χ0) is 23.0. The summed E-state index contributed by atoms with van der Waals surface area (Å²) in [7, 11) is 1.62. The number of carbonyl (C=O) groups excluding carboxylic acids is 2. The first-order valence-corrected chi connectivity index (χ1v) is 12.7. The van der Waals surface area contributed by atoms with Crippen molar-refractivity contribution in [2.45, 2.75) is 29.0 Å². The van der Waals surface area contributed by atoms with Gasteiger partial charge in [-0.15, -0.1) is 11.8 Å². The van der Waals surface area contributed by atoms with Crippen LogP contribution in [0.4, 0.5) is 0 Å². The quantitative estimate of drug-likeness (QED) is 0.623. The van der Waals surface area contributed by atoms with Crippen LogP contribution in [0.5, 0.6) is 5.75 Å². The third kappa shape index (κ3) is 2.96. The second-order valence-corrected chi connectivity index (χ2v) is 11.4. The summed E-state index contributed by atoms with van der Waals surface area (Å²) in [5, 5.41) is 10.0. The average molecular weight is 487 g/mol. The number of rotatable bonds is 5. The Morgan fingerprint density at radius 1 is 1.15 bits per heavy atom. The van der Waals surface area contributed by atoms with Gasteiger partial charge in [0, 0.05) is 22.6 Å². The van der Waals surface area contributed by atoms with Gasteiger partial charge < -0.3 is 14.8 Å². The van der Waals surface area contributed by atoms with Crippen molar-refractivity contribution in [2.75, 3.05) is 13.7 Å². The highest BCUT2D eigenvalue weighted by atomic mass is 32.2. The molecule has 0 radical (unpaired) electrons. The Bertz CT molecular complexity index is 1220. The minimum Gasteiger partial charge on any atom is -0.497 e. The lowest BCUT2D eigenvalue weighted by atomic mass is 9.68. The smallest absolute Gasteiger partial charge is 0.305 e. The number of methoxy groups -OCH3 is 1. The molecule has 7 atom stereocenters. The number of ether oxygens (including phenoxy) is 1. The molecule has 2 saturated carbocycles. The van der Waals surface area contributed by atoms with Crippen molar-refractivity contribution < 1.29 is 24.2 Å². The molecule has 2 aliphatic heterocycles. The molecule has 2 bridgehead atoms. The molecule has 2 aromatic rings. The number of imide groups is 1. The maximum atomic E-state index is 13.3. The van der Waals surface area contributed by atoms with E-state index in [9.17, 15) is 19.2 Å². The van der Waals surface area contributed by atoms with Crippen LogP contribution in [0.2, 0.25) is 0 Å². The van der Waals surface area contributed by atoms with Gasteiger partial charge in [-0.05, 0) is 41.9 Å². The molecule has 8 nitrogen and oxygen atoms in total. The number of benzene rings is 1. The predicted octanol–water partition coefficient (Wildman–Crippen LogP) is 2.39. The molecule has 0 unspecified atom stereocenters. The summed E-state index contributed by atoms with van der Waals surface area (Å²) in [4.78, 5) is 54.9. The molecule has 2 aliphatic carbocycles. The van der Waals surface area contributed by atoms with Gasteiger partial charge >= 0.3 is 10.8 Å². The number of likely N-dealkylation sites (tertiary alicyclic amines) is 1. The zero-order valence-electron chi connectivity index (χ0n) is 17.7. The second-order valence-electron chi connectivity index (χ2n) is 9.21. The molecule has 2 N–H and O–H groups in total. The van der Waals surface area contributed by atoms with Crippen molar-refractivity contribution in [3.05, 3.63) is 44.4 Å². The lowest BCUT2D eigenvalue weighted by Gasteiger charge is -2.43. The van der Waals surface area contributed by atoms with Crippen molar-refractivity contribution in [1.29, 1.82) is 0 Å². The monoisotopic (exact) mass is 486 g/mol. The summed E-state index contributed by atoms with van der Waals surface area (Å²) >= 11 is 2.87. The van der Waals surface area contributed by atoms with E-state index < -0.39 is 11.9 Å². The molecule has 33 heavy (non-hydrogen) atoms. The Morgan fingerprint density at radius 3 is 2.52 bits per heavy atom. The molecule has 1 aromatic heterocycles. The third-order valence-electron chi connectivity index (χ3n) is 7.84. The van der Waals surface area contributed by atoms with Gasteiger partial charge in [-0.2, -0.15) is 0 Å². The second kappa shape index (κ2) is 7.46. The van der Waals surface area contributed by atoms with Crippen LogP contribution < -0.4 is 9.61 Å². The number of nitrogens with zero attached hydrogens (tertiary/aromatic N) is 1. The predicted molar refractivity (Wildman–Crippen MR) is 120 cm³/mol. The van der Waals surface area contributed by atoms with Gasteiger partial charge in [-0.25, -0.2) is 0 Å². The number of H-pyrrole nitrogens is 1. The van der Waals surface area contributed by atoms with Crippen LogP contribution in [0.15, 0.2) is 34.1 Å². The molecule has 1 aromatic carbocycles. The summed E-state index contributed by atoms with van der Waals surface area (Å²) in [6, 6.07) is 7.87. The van der Waals surface area contributed by atoms with Gasteiger partial charge in [0.15, 0.2) is 0 Å². The summed E-state index contributed by atoms with van der Waals surface area (Å²) in [5.74, 6) is -1.32. The fourth-order valence-corrected chi connectivity index (χ4v) is 9.58.